The van der Waals surface area contributed by atoms with Crippen LogP contribution in [0.15, 0.2) is 30.3 Å². The average molecular weight is 288 g/mol. The quantitative estimate of drug-likeness (QED) is 0.498. The summed E-state index contributed by atoms with van der Waals surface area (Å²) in [6, 6.07) is 12.2. The molecule has 0 amide bonds. The lowest BCUT2D eigenvalue weighted by Crippen LogP contribution is -2.73. The molecule has 21 heavy (non-hydrogen) atoms. The molecule has 0 atom stereocenters. The molecule has 0 unspecified atom stereocenters. The van der Waals surface area contributed by atoms with Crippen LogP contribution in [0.3, 0.4) is 0 Å². The number of quaternary nitrogens is 1. The van der Waals surface area contributed by atoms with Gasteiger partial charge in [-0.25, -0.2) is 5.84 Å². The molecule has 3 rings (SSSR count). The van der Waals surface area contributed by atoms with Gasteiger partial charge in [-0.1, -0.05) is 36.6 Å². The van der Waals surface area contributed by atoms with Crippen molar-refractivity contribution in [2.75, 3.05) is 0 Å². The third kappa shape index (κ3) is 2.87. The smallest absolute Gasteiger partial charge is 0.153 e. The van der Waals surface area contributed by atoms with Crippen molar-refractivity contribution in [1.82, 2.24) is 10.1 Å². The highest BCUT2D eigenvalue weighted by atomic mass is 15.8. The lowest BCUT2D eigenvalue weighted by atomic mass is 9.87. The first-order chi connectivity index (χ1) is 10.4. The molecular weight excluding hydrogens is 258 g/mol. The molecule has 0 aliphatic heterocycles. The second kappa shape index (κ2) is 6.91. The lowest BCUT2D eigenvalue weighted by Gasteiger charge is -2.49. The van der Waals surface area contributed by atoms with E-state index in [4.69, 9.17) is 5.84 Å². The molecule has 0 saturated heterocycles. The van der Waals surface area contributed by atoms with E-state index in [9.17, 15) is 0 Å². The van der Waals surface area contributed by atoms with Crippen molar-refractivity contribution in [2.45, 2.75) is 76.3 Å². The van der Waals surface area contributed by atoms with E-state index in [-0.39, 0.29) is 0 Å². The van der Waals surface area contributed by atoms with E-state index in [1.807, 2.05) is 0 Å². The molecule has 2 aliphatic carbocycles. The van der Waals surface area contributed by atoms with Crippen molar-refractivity contribution in [1.29, 1.82) is 0 Å². The second-order valence-corrected chi connectivity index (χ2v) is 6.83. The van der Waals surface area contributed by atoms with Crippen molar-refractivity contribution >= 4 is 5.69 Å². The van der Waals surface area contributed by atoms with Gasteiger partial charge in [0.2, 0.25) is 0 Å². The van der Waals surface area contributed by atoms with Crippen LogP contribution in [0.25, 0.3) is 0 Å². The predicted molar refractivity (Wildman–Crippen MR) is 89.3 cm³/mol. The summed E-state index contributed by atoms with van der Waals surface area (Å²) >= 11 is 0. The monoisotopic (exact) mass is 288 g/mol. The van der Waals surface area contributed by atoms with Gasteiger partial charge in [0.15, 0.2) is 5.69 Å². The van der Waals surface area contributed by atoms with Gasteiger partial charge in [0.1, 0.15) is 12.1 Å². The molecule has 2 fully saturated rings. The normalized spacial score (nSPS) is 22.3. The largest absolute Gasteiger partial charge is 0.226 e. The average Bonchev–Trinajstić information content (AvgIpc) is 2.59. The van der Waals surface area contributed by atoms with Gasteiger partial charge in [-0.3, -0.25) is 0 Å². The molecule has 0 radical (unpaired) electrons. The standard InChI is InChI=1S/C18H30N3/c19-20-21(16-10-4-1-5-11-16,17-12-6-2-7-13-17)18-14-8-3-9-15-18/h1,4-5,10-11,17-18,20H,2-3,6-9,12-15,19H2/q+1. The van der Waals surface area contributed by atoms with Crippen molar-refractivity contribution < 1.29 is 0 Å². The van der Waals surface area contributed by atoms with E-state index in [1.165, 1.54) is 69.9 Å². The second-order valence-electron chi connectivity index (χ2n) is 6.83. The summed E-state index contributed by atoms with van der Waals surface area (Å²) in [6.45, 7) is 0. The SMILES string of the molecule is NN[N+](c1ccccc1)(C1CCCCC1)C1CCCCC1. The maximum absolute atomic E-state index is 6.22. The van der Waals surface area contributed by atoms with Crippen LogP contribution in [0.4, 0.5) is 5.69 Å². The minimum atomic E-state index is 0.634. The Kier molecular flexibility index (Phi) is 4.94. The molecule has 3 heteroatoms. The molecule has 0 heterocycles. The van der Waals surface area contributed by atoms with E-state index in [1.54, 1.807) is 0 Å². The molecule has 0 aromatic heterocycles. The van der Waals surface area contributed by atoms with E-state index in [0.29, 0.717) is 12.1 Å². The molecule has 2 saturated carbocycles. The Labute approximate surface area is 129 Å². The zero-order chi connectivity index (χ0) is 14.5. The number of hydrogen-bond donors (Lipinski definition) is 2. The molecule has 3 nitrogen and oxygen atoms in total. The van der Waals surface area contributed by atoms with E-state index < -0.39 is 0 Å². The summed E-state index contributed by atoms with van der Waals surface area (Å²) in [6.07, 6.45) is 13.4. The van der Waals surface area contributed by atoms with E-state index in [2.05, 4.69) is 35.9 Å². The van der Waals surface area contributed by atoms with Crippen LogP contribution in [-0.4, -0.2) is 12.1 Å². The molecule has 1 aromatic carbocycles. The molecule has 1 aromatic rings. The zero-order valence-electron chi connectivity index (χ0n) is 13.1. The van der Waals surface area contributed by atoms with Crippen LogP contribution in [0, 0.1) is 0 Å². The first kappa shape index (κ1) is 15.0. The van der Waals surface area contributed by atoms with Crippen LogP contribution in [-0.2, 0) is 0 Å². The fourth-order valence-corrected chi connectivity index (χ4v) is 4.66. The van der Waals surface area contributed by atoms with Gasteiger partial charge in [-0.15, -0.1) is 0 Å². The van der Waals surface area contributed by atoms with Gasteiger partial charge >= 0.3 is 0 Å². The third-order valence-electron chi connectivity index (χ3n) is 5.70. The van der Waals surface area contributed by atoms with Crippen LogP contribution in [0.2, 0.25) is 0 Å². The number of rotatable bonds is 4. The number of nitrogens with two attached hydrogens (primary N) is 1. The summed E-state index contributed by atoms with van der Waals surface area (Å²) in [7, 11) is 0. The van der Waals surface area contributed by atoms with Crippen LogP contribution in [0.1, 0.15) is 64.2 Å². The molecular formula is C18H30N3+. The van der Waals surface area contributed by atoms with Gasteiger partial charge in [-0.2, -0.15) is 4.59 Å². The molecule has 0 spiro atoms. The zero-order valence-corrected chi connectivity index (χ0v) is 13.1. The molecule has 2 aliphatic rings. The Morgan fingerprint density at radius 2 is 1.24 bits per heavy atom. The van der Waals surface area contributed by atoms with Crippen molar-refractivity contribution in [2.24, 2.45) is 5.84 Å². The molecule has 116 valence electrons. The number of hydrazine groups is 1. The first-order valence-corrected chi connectivity index (χ1v) is 8.80. The number of nitrogens with zero attached hydrogens (tertiary/aromatic N) is 1. The van der Waals surface area contributed by atoms with Crippen molar-refractivity contribution in [3.05, 3.63) is 30.3 Å². The summed E-state index contributed by atoms with van der Waals surface area (Å²) in [5.41, 5.74) is 4.67. The van der Waals surface area contributed by atoms with Crippen LogP contribution < -0.4 is 16.0 Å². The van der Waals surface area contributed by atoms with Crippen molar-refractivity contribution in [3.8, 4) is 0 Å². The Morgan fingerprint density at radius 3 is 1.67 bits per heavy atom. The minimum Gasteiger partial charge on any atom is -0.226 e. The maximum atomic E-state index is 6.22. The fraction of sp³-hybridized carbons (Fsp3) is 0.667. The molecule has 3 N–H and O–H groups in total. The number of benzene rings is 1. The Morgan fingerprint density at radius 1 is 0.762 bits per heavy atom. The summed E-state index contributed by atoms with van der Waals surface area (Å²) < 4.78 is 0.820. The number of nitrogens with one attached hydrogen (secondary N) is 1. The summed E-state index contributed by atoms with van der Waals surface area (Å²) in [5.74, 6) is 6.22. The Balaban J connectivity index is 1.98. The summed E-state index contributed by atoms with van der Waals surface area (Å²) in [5, 5.41) is 0. The fourth-order valence-electron chi connectivity index (χ4n) is 4.66. The van der Waals surface area contributed by atoms with Crippen LogP contribution >= 0.6 is 0 Å². The first-order valence-electron chi connectivity index (χ1n) is 8.80. The van der Waals surface area contributed by atoms with Gasteiger partial charge in [0.05, 0.1) is 0 Å². The van der Waals surface area contributed by atoms with Gasteiger partial charge < -0.3 is 0 Å². The van der Waals surface area contributed by atoms with E-state index in [0.717, 1.165) is 4.59 Å². The minimum absolute atomic E-state index is 0.634. The highest BCUT2D eigenvalue weighted by Gasteiger charge is 2.46. The predicted octanol–water partition coefficient (Wildman–Crippen LogP) is 4.04. The van der Waals surface area contributed by atoms with Crippen molar-refractivity contribution in [3.63, 3.8) is 0 Å². The van der Waals surface area contributed by atoms with E-state index >= 15 is 0 Å². The van der Waals surface area contributed by atoms with Crippen LogP contribution in [0.5, 0.6) is 0 Å². The van der Waals surface area contributed by atoms with Gasteiger partial charge in [0.25, 0.3) is 0 Å². The highest BCUT2D eigenvalue weighted by molar-refractivity contribution is 5.43. The summed E-state index contributed by atoms with van der Waals surface area (Å²) in [4.78, 5) is 0. The lowest BCUT2D eigenvalue weighted by molar-refractivity contribution is 0.0355. The van der Waals surface area contributed by atoms with Gasteiger partial charge in [0, 0.05) is 37.8 Å². The Hall–Kier alpha value is -0.900. The topological polar surface area (TPSA) is 38.0 Å². The number of para-hydroxylation sites is 1. The maximum Gasteiger partial charge on any atom is 0.153 e. The number of hydrogen-bond acceptors (Lipinski definition) is 2. The Bertz CT molecular complexity index is 401. The van der Waals surface area contributed by atoms with Gasteiger partial charge in [-0.05, 0) is 25.7 Å². The third-order valence-corrected chi connectivity index (χ3v) is 5.70. The molecule has 0 bridgehead atoms. The highest BCUT2D eigenvalue weighted by Crippen LogP contribution is 2.39.